The largest absolute Gasteiger partial charge is 0.492 e. The lowest BCUT2D eigenvalue weighted by Crippen LogP contribution is -2.29. The standard InChI is InChI=1S/C28H36N2O7S/c1-21-18-22-6-2-3-7-23(22)20-24(19-21)28(32)29-13-16-37-25-9-11-26(12-10-25)38(34,35)17-5-15-36-14-4-8-27(31)30-33/h2-3,6-7,9-12,20-21,33H,4-5,8,13-19H2,1H3,(H,29,32)(H,30,31)/t21-/m0/s1. The van der Waals surface area contributed by atoms with Gasteiger partial charge in [0, 0.05) is 25.2 Å². The fourth-order valence-corrected chi connectivity index (χ4v) is 5.52. The molecule has 3 rings (SSSR count). The van der Waals surface area contributed by atoms with Crippen molar-refractivity contribution in [3.05, 3.63) is 65.2 Å². The normalized spacial score (nSPS) is 15.1. The summed E-state index contributed by atoms with van der Waals surface area (Å²) in [5.74, 6) is 0.251. The molecule has 0 radical (unpaired) electrons. The van der Waals surface area contributed by atoms with Gasteiger partial charge < -0.3 is 14.8 Å². The van der Waals surface area contributed by atoms with E-state index >= 15 is 0 Å². The van der Waals surface area contributed by atoms with E-state index in [0.29, 0.717) is 44.1 Å². The summed E-state index contributed by atoms with van der Waals surface area (Å²) >= 11 is 0. The van der Waals surface area contributed by atoms with Crippen LogP contribution in [0.1, 0.15) is 43.7 Å². The Labute approximate surface area is 224 Å². The highest BCUT2D eigenvalue weighted by Crippen LogP contribution is 2.26. The molecule has 0 aliphatic heterocycles. The first-order valence-electron chi connectivity index (χ1n) is 12.8. The van der Waals surface area contributed by atoms with Crippen molar-refractivity contribution in [2.24, 2.45) is 5.92 Å². The Bertz CT molecular complexity index is 1210. The predicted molar refractivity (Wildman–Crippen MR) is 144 cm³/mol. The summed E-state index contributed by atoms with van der Waals surface area (Å²) in [7, 11) is -3.46. The van der Waals surface area contributed by atoms with Crippen LogP contribution < -0.4 is 15.5 Å². The first-order valence-corrected chi connectivity index (χ1v) is 14.5. The number of amides is 2. The predicted octanol–water partition coefficient (Wildman–Crippen LogP) is 3.31. The van der Waals surface area contributed by atoms with Crippen LogP contribution in [0.25, 0.3) is 6.08 Å². The van der Waals surface area contributed by atoms with Crippen molar-refractivity contribution < 1.29 is 32.7 Å². The van der Waals surface area contributed by atoms with E-state index in [1.165, 1.54) is 17.7 Å². The Hall–Kier alpha value is -3.21. The first kappa shape index (κ1) is 29.3. The minimum Gasteiger partial charge on any atom is -0.492 e. The van der Waals surface area contributed by atoms with Crippen molar-refractivity contribution >= 4 is 27.7 Å². The second-order valence-electron chi connectivity index (χ2n) is 9.38. The molecule has 1 atom stereocenters. The molecule has 1 aliphatic carbocycles. The molecule has 2 aromatic carbocycles. The molecule has 0 bridgehead atoms. The van der Waals surface area contributed by atoms with Gasteiger partial charge in [0.05, 0.1) is 17.2 Å². The van der Waals surface area contributed by atoms with E-state index in [9.17, 15) is 18.0 Å². The number of rotatable bonds is 14. The minimum atomic E-state index is -3.46. The molecule has 3 N–H and O–H groups in total. The van der Waals surface area contributed by atoms with E-state index in [4.69, 9.17) is 14.7 Å². The van der Waals surface area contributed by atoms with E-state index in [1.807, 2.05) is 24.3 Å². The number of sulfone groups is 1. The van der Waals surface area contributed by atoms with Crippen LogP contribution in [-0.2, 0) is 30.6 Å². The maximum absolute atomic E-state index is 12.7. The molecule has 0 heterocycles. The summed E-state index contributed by atoms with van der Waals surface area (Å²) in [6.45, 7) is 3.31. The average Bonchev–Trinajstić information content (AvgIpc) is 3.08. The summed E-state index contributed by atoms with van der Waals surface area (Å²) in [5.41, 5.74) is 4.65. The maximum atomic E-state index is 12.7. The summed E-state index contributed by atoms with van der Waals surface area (Å²) in [5, 5.41) is 11.3. The molecule has 0 saturated carbocycles. The molecule has 2 aromatic rings. The van der Waals surface area contributed by atoms with E-state index in [2.05, 4.69) is 18.3 Å². The number of carbonyl (C=O) groups excluding carboxylic acids is 2. The van der Waals surface area contributed by atoms with Crippen LogP contribution in [0.4, 0.5) is 0 Å². The van der Waals surface area contributed by atoms with Crippen LogP contribution in [0.5, 0.6) is 5.75 Å². The zero-order chi connectivity index (χ0) is 27.4. The number of carbonyl (C=O) groups is 2. The van der Waals surface area contributed by atoms with Gasteiger partial charge in [-0.25, -0.2) is 13.9 Å². The highest BCUT2D eigenvalue weighted by Gasteiger charge is 2.19. The molecule has 0 unspecified atom stereocenters. The number of nitrogens with one attached hydrogen (secondary N) is 2. The molecule has 1 aliphatic rings. The molecule has 0 aromatic heterocycles. The summed E-state index contributed by atoms with van der Waals surface area (Å²) in [6, 6.07) is 14.4. The van der Waals surface area contributed by atoms with Gasteiger partial charge in [0.2, 0.25) is 11.8 Å². The second kappa shape index (κ2) is 14.7. The second-order valence-corrected chi connectivity index (χ2v) is 11.5. The van der Waals surface area contributed by atoms with Crippen LogP contribution in [-0.4, -0.2) is 57.6 Å². The molecular weight excluding hydrogens is 508 g/mol. The molecule has 9 nitrogen and oxygen atoms in total. The Kier molecular flexibility index (Phi) is 11.3. The number of hydroxylamine groups is 1. The van der Waals surface area contributed by atoms with Crippen LogP contribution in [0.3, 0.4) is 0 Å². The number of fused-ring (bicyclic) bond motifs is 1. The van der Waals surface area contributed by atoms with Gasteiger partial charge in [-0.2, -0.15) is 0 Å². The number of benzene rings is 2. The van der Waals surface area contributed by atoms with E-state index < -0.39 is 15.7 Å². The lowest BCUT2D eigenvalue weighted by Gasteiger charge is -2.12. The highest BCUT2D eigenvalue weighted by molar-refractivity contribution is 7.91. The third-order valence-electron chi connectivity index (χ3n) is 6.17. The van der Waals surface area contributed by atoms with Gasteiger partial charge in [0.1, 0.15) is 12.4 Å². The Balaban J connectivity index is 1.38. The Morgan fingerprint density at radius 3 is 2.50 bits per heavy atom. The number of ether oxygens (including phenoxy) is 2. The van der Waals surface area contributed by atoms with Crippen LogP contribution in [0, 0.1) is 5.92 Å². The zero-order valence-electron chi connectivity index (χ0n) is 21.6. The lowest BCUT2D eigenvalue weighted by atomic mass is 9.96. The Morgan fingerprint density at radius 1 is 1.00 bits per heavy atom. The monoisotopic (exact) mass is 544 g/mol. The Morgan fingerprint density at radius 2 is 1.74 bits per heavy atom. The molecule has 206 valence electrons. The fourth-order valence-electron chi connectivity index (χ4n) is 4.24. The quantitative estimate of drug-likeness (QED) is 0.189. The maximum Gasteiger partial charge on any atom is 0.247 e. The molecule has 0 saturated heterocycles. The van der Waals surface area contributed by atoms with Gasteiger partial charge in [-0.05, 0) is 73.1 Å². The third kappa shape index (κ3) is 9.27. The number of hydrogen-bond acceptors (Lipinski definition) is 7. The highest BCUT2D eigenvalue weighted by atomic mass is 32.2. The topological polar surface area (TPSA) is 131 Å². The average molecular weight is 545 g/mol. The van der Waals surface area contributed by atoms with Gasteiger partial charge in [0.25, 0.3) is 0 Å². The smallest absolute Gasteiger partial charge is 0.247 e. The van der Waals surface area contributed by atoms with Crippen LogP contribution in [0.15, 0.2) is 59.0 Å². The zero-order valence-corrected chi connectivity index (χ0v) is 22.5. The summed E-state index contributed by atoms with van der Waals surface area (Å²) in [6.07, 6.45) is 4.54. The summed E-state index contributed by atoms with van der Waals surface area (Å²) < 4.78 is 36.1. The van der Waals surface area contributed by atoms with E-state index in [-0.39, 0.29) is 36.2 Å². The molecule has 0 fully saturated rings. The van der Waals surface area contributed by atoms with Crippen molar-refractivity contribution in [3.63, 3.8) is 0 Å². The summed E-state index contributed by atoms with van der Waals surface area (Å²) in [4.78, 5) is 23.8. The van der Waals surface area contributed by atoms with E-state index in [0.717, 1.165) is 17.6 Å². The first-order chi connectivity index (χ1) is 18.3. The van der Waals surface area contributed by atoms with Crippen molar-refractivity contribution in [1.82, 2.24) is 10.8 Å². The third-order valence-corrected chi connectivity index (χ3v) is 7.99. The molecule has 0 spiro atoms. The van der Waals surface area contributed by atoms with Crippen molar-refractivity contribution in [1.29, 1.82) is 0 Å². The SMILES string of the molecule is C[C@@H]1CC(C(=O)NCCOc2ccc(S(=O)(=O)CCCOCCCC(=O)NO)cc2)=Cc2ccccc2C1. The molecule has 38 heavy (non-hydrogen) atoms. The van der Waals surface area contributed by atoms with Crippen LogP contribution >= 0.6 is 0 Å². The minimum absolute atomic E-state index is 0.0602. The fraction of sp³-hybridized carbons (Fsp3) is 0.429. The molecular formula is C28H36N2O7S. The van der Waals surface area contributed by atoms with Gasteiger partial charge in [-0.3, -0.25) is 14.8 Å². The van der Waals surface area contributed by atoms with Crippen molar-refractivity contribution in [2.45, 2.75) is 43.9 Å². The number of hydrogen-bond donors (Lipinski definition) is 3. The van der Waals surface area contributed by atoms with Gasteiger partial charge in [-0.15, -0.1) is 0 Å². The van der Waals surface area contributed by atoms with Crippen molar-refractivity contribution in [3.8, 4) is 5.75 Å². The van der Waals surface area contributed by atoms with Gasteiger partial charge >= 0.3 is 0 Å². The molecule has 2 amide bonds. The lowest BCUT2D eigenvalue weighted by molar-refractivity contribution is -0.129. The van der Waals surface area contributed by atoms with Crippen molar-refractivity contribution in [2.75, 3.05) is 32.1 Å². The van der Waals surface area contributed by atoms with Gasteiger partial charge in [-0.1, -0.05) is 31.2 Å². The van der Waals surface area contributed by atoms with E-state index in [1.54, 1.807) is 17.6 Å². The van der Waals surface area contributed by atoms with Crippen LogP contribution in [0.2, 0.25) is 0 Å². The van der Waals surface area contributed by atoms with Gasteiger partial charge in [0.15, 0.2) is 9.84 Å². The molecule has 10 heteroatoms.